The number of esters is 1. The number of nitrogens with zero attached hydrogens (tertiary/aromatic N) is 3. The van der Waals surface area contributed by atoms with Crippen LogP contribution >= 0.6 is 0 Å². The Balaban J connectivity index is 1.68. The summed E-state index contributed by atoms with van der Waals surface area (Å²) >= 11 is 0. The molecule has 2 aromatic carbocycles. The number of imidazole rings is 1. The van der Waals surface area contributed by atoms with E-state index in [1.807, 2.05) is 28.8 Å². The number of fused-ring (bicyclic) bond motifs is 1. The molecule has 1 aliphatic heterocycles. The highest BCUT2D eigenvalue weighted by Gasteiger charge is 2.42. The van der Waals surface area contributed by atoms with Gasteiger partial charge in [0.2, 0.25) is 10.0 Å². The first-order valence-electron chi connectivity index (χ1n) is 10.3. The van der Waals surface area contributed by atoms with E-state index in [1.54, 1.807) is 25.6 Å². The zero-order valence-electron chi connectivity index (χ0n) is 18.6. The van der Waals surface area contributed by atoms with E-state index < -0.39 is 22.0 Å². The minimum Gasteiger partial charge on any atom is -0.497 e. The van der Waals surface area contributed by atoms with Crippen molar-refractivity contribution in [2.24, 2.45) is 0 Å². The Morgan fingerprint density at radius 2 is 1.61 bits per heavy atom. The Kier molecular flexibility index (Phi) is 6.39. The maximum absolute atomic E-state index is 13.5. The SMILES string of the molecule is COC(=O)[C@@H]1Cc2ncn(Cc3ccc(OC)cc3)c2CN1S(=O)(=O)c1ccc(OC)cc1. The number of hydrogen-bond acceptors (Lipinski definition) is 7. The molecule has 0 spiro atoms. The van der Waals surface area contributed by atoms with Crippen LogP contribution in [-0.2, 0) is 39.1 Å². The summed E-state index contributed by atoms with van der Waals surface area (Å²) in [5.74, 6) is 0.670. The topological polar surface area (TPSA) is 100.0 Å². The van der Waals surface area contributed by atoms with Crippen molar-refractivity contribution in [2.75, 3.05) is 21.3 Å². The summed E-state index contributed by atoms with van der Waals surface area (Å²) in [5.41, 5.74) is 2.43. The molecule has 0 radical (unpaired) electrons. The van der Waals surface area contributed by atoms with Gasteiger partial charge < -0.3 is 18.8 Å². The normalized spacial score (nSPS) is 16.2. The summed E-state index contributed by atoms with van der Waals surface area (Å²) in [7, 11) is 0.372. The average molecular weight is 472 g/mol. The molecule has 9 nitrogen and oxygen atoms in total. The smallest absolute Gasteiger partial charge is 0.324 e. The monoisotopic (exact) mass is 471 g/mol. The summed E-state index contributed by atoms with van der Waals surface area (Å²) in [4.78, 5) is 17.1. The molecule has 4 rings (SSSR count). The van der Waals surface area contributed by atoms with Crippen LogP contribution in [0.2, 0.25) is 0 Å². The fraction of sp³-hybridized carbons (Fsp3) is 0.304. The van der Waals surface area contributed by atoms with Gasteiger partial charge in [0.15, 0.2) is 0 Å². The van der Waals surface area contributed by atoms with Gasteiger partial charge in [-0.25, -0.2) is 13.4 Å². The number of rotatable bonds is 7. The molecule has 1 atom stereocenters. The lowest BCUT2D eigenvalue weighted by atomic mass is 10.1. The van der Waals surface area contributed by atoms with Crippen LogP contribution in [0.15, 0.2) is 59.8 Å². The third-order valence-electron chi connectivity index (χ3n) is 5.72. The number of ether oxygens (including phenoxy) is 3. The van der Waals surface area contributed by atoms with Crippen molar-refractivity contribution < 1.29 is 27.4 Å². The van der Waals surface area contributed by atoms with E-state index in [0.29, 0.717) is 18.0 Å². The molecule has 1 aromatic heterocycles. The molecule has 0 bridgehead atoms. The van der Waals surface area contributed by atoms with Gasteiger partial charge in [-0.3, -0.25) is 4.79 Å². The third kappa shape index (κ3) is 4.44. The van der Waals surface area contributed by atoms with Gasteiger partial charge in [-0.15, -0.1) is 0 Å². The van der Waals surface area contributed by atoms with Crippen molar-refractivity contribution in [3.8, 4) is 11.5 Å². The maximum atomic E-state index is 13.5. The van der Waals surface area contributed by atoms with E-state index in [1.165, 1.54) is 30.7 Å². The Morgan fingerprint density at radius 3 is 2.18 bits per heavy atom. The van der Waals surface area contributed by atoms with Crippen LogP contribution in [0.3, 0.4) is 0 Å². The second-order valence-corrected chi connectivity index (χ2v) is 9.47. The van der Waals surface area contributed by atoms with Crippen LogP contribution in [0.1, 0.15) is 17.0 Å². The number of sulfonamides is 1. The fourth-order valence-electron chi connectivity index (χ4n) is 3.88. The predicted molar refractivity (Wildman–Crippen MR) is 120 cm³/mol. The lowest BCUT2D eigenvalue weighted by molar-refractivity contribution is -0.145. The van der Waals surface area contributed by atoms with Gasteiger partial charge in [-0.1, -0.05) is 12.1 Å². The molecule has 0 unspecified atom stereocenters. The van der Waals surface area contributed by atoms with Gasteiger partial charge >= 0.3 is 5.97 Å². The highest BCUT2D eigenvalue weighted by molar-refractivity contribution is 7.89. The van der Waals surface area contributed by atoms with Crippen molar-refractivity contribution in [3.63, 3.8) is 0 Å². The molecule has 33 heavy (non-hydrogen) atoms. The third-order valence-corrected chi connectivity index (χ3v) is 7.59. The molecule has 0 amide bonds. The van der Waals surface area contributed by atoms with Gasteiger partial charge in [-0.2, -0.15) is 4.31 Å². The van der Waals surface area contributed by atoms with Crippen molar-refractivity contribution in [1.82, 2.24) is 13.9 Å². The van der Waals surface area contributed by atoms with E-state index in [4.69, 9.17) is 14.2 Å². The van der Waals surface area contributed by atoms with E-state index in [-0.39, 0.29) is 17.9 Å². The molecule has 1 aliphatic rings. The van der Waals surface area contributed by atoms with E-state index in [2.05, 4.69) is 4.98 Å². The summed E-state index contributed by atoms with van der Waals surface area (Å²) in [6, 6.07) is 12.7. The molecule has 0 N–H and O–H groups in total. The largest absolute Gasteiger partial charge is 0.497 e. The summed E-state index contributed by atoms with van der Waals surface area (Å²) in [5, 5.41) is 0. The van der Waals surface area contributed by atoms with Crippen molar-refractivity contribution in [3.05, 3.63) is 71.8 Å². The number of aromatic nitrogens is 2. The standard InChI is InChI=1S/C23H25N3O6S/c1-30-17-6-4-16(5-7-17)13-25-15-24-20-12-21(23(27)32-3)26(14-22(20)25)33(28,29)19-10-8-18(31-2)9-11-19/h4-11,15,21H,12-14H2,1-3H3/t21-/m0/s1. The molecule has 0 aliphatic carbocycles. The van der Waals surface area contributed by atoms with E-state index in [9.17, 15) is 13.2 Å². The Labute approximate surface area is 192 Å². The second-order valence-electron chi connectivity index (χ2n) is 7.58. The van der Waals surface area contributed by atoms with Crippen molar-refractivity contribution in [1.29, 1.82) is 0 Å². The number of benzene rings is 2. The maximum Gasteiger partial charge on any atom is 0.324 e. The van der Waals surface area contributed by atoms with Gasteiger partial charge in [0.1, 0.15) is 17.5 Å². The number of methoxy groups -OCH3 is 3. The summed E-state index contributed by atoms with van der Waals surface area (Å²) < 4.78 is 45.4. The highest BCUT2D eigenvalue weighted by atomic mass is 32.2. The van der Waals surface area contributed by atoms with Crippen LogP contribution in [0.5, 0.6) is 11.5 Å². The van der Waals surface area contributed by atoms with Crippen molar-refractivity contribution >= 4 is 16.0 Å². The van der Waals surface area contributed by atoms with E-state index >= 15 is 0 Å². The summed E-state index contributed by atoms with van der Waals surface area (Å²) in [6.07, 6.45) is 1.81. The molecule has 3 aromatic rings. The quantitative estimate of drug-likeness (QED) is 0.487. The predicted octanol–water partition coefficient (Wildman–Crippen LogP) is 2.24. The first kappa shape index (κ1) is 22.8. The molecular weight excluding hydrogens is 446 g/mol. The molecular formula is C23H25N3O6S. The lowest BCUT2D eigenvalue weighted by Crippen LogP contribution is -2.49. The first-order chi connectivity index (χ1) is 15.9. The van der Waals surface area contributed by atoms with Gasteiger partial charge in [0, 0.05) is 13.0 Å². The number of carbonyl (C=O) groups is 1. The minimum atomic E-state index is -3.99. The molecule has 2 heterocycles. The van der Waals surface area contributed by atoms with Gasteiger partial charge in [0.05, 0.1) is 50.5 Å². The molecule has 0 saturated carbocycles. The summed E-state index contributed by atoms with van der Waals surface area (Å²) in [6.45, 7) is 0.505. The molecule has 0 fully saturated rings. The second kappa shape index (κ2) is 9.24. The number of carbonyl (C=O) groups excluding carboxylic acids is 1. The molecule has 0 saturated heterocycles. The van der Waals surface area contributed by atoms with Crippen LogP contribution in [-0.4, -0.2) is 55.6 Å². The van der Waals surface area contributed by atoms with Crippen molar-refractivity contribution in [2.45, 2.75) is 30.4 Å². The number of hydrogen-bond donors (Lipinski definition) is 0. The zero-order valence-corrected chi connectivity index (χ0v) is 19.4. The Morgan fingerprint density at radius 1 is 1.00 bits per heavy atom. The molecule has 10 heteroatoms. The fourth-order valence-corrected chi connectivity index (χ4v) is 5.42. The van der Waals surface area contributed by atoms with Crippen LogP contribution in [0.4, 0.5) is 0 Å². The van der Waals surface area contributed by atoms with Crippen LogP contribution < -0.4 is 9.47 Å². The highest BCUT2D eigenvalue weighted by Crippen LogP contribution is 2.30. The lowest BCUT2D eigenvalue weighted by Gasteiger charge is -2.33. The van der Waals surface area contributed by atoms with Gasteiger partial charge in [0.25, 0.3) is 0 Å². The van der Waals surface area contributed by atoms with E-state index in [0.717, 1.165) is 17.0 Å². The zero-order chi connectivity index (χ0) is 23.6. The van der Waals surface area contributed by atoms with Crippen LogP contribution in [0.25, 0.3) is 0 Å². The molecule has 174 valence electrons. The van der Waals surface area contributed by atoms with Crippen LogP contribution in [0, 0.1) is 0 Å². The van der Waals surface area contributed by atoms with Gasteiger partial charge in [-0.05, 0) is 42.0 Å². The minimum absolute atomic E-state index is 0.000380. The Bertz CT molecular complexity index is 1240. The first-order valence-corrected chi connectivity index (χ1v) is 11.7. The average Bonchev–Trinajstić information content (AvgIpc) is 3.24. The Hall–Kier alpha value is -3.37.